The zero-order chi connectivity index (χ0) is 16.2. The minimum absolute atomic E-state index is 0.245. The summed E-state index contributed by atoms with van der Waals surface area (Å²) in [7, 11) is 1.32. The molecule has 5 nitrogen and oxygen atoms in total. The summed E-state index contributed by atoms with van der Waals surface area (Å²) in [5.74, 6) is -0.745. The Hall–Kier alpha value is -1.77. The van der Waals surface area contributed by atoms with E-state index in [9.17, 15) is 22.8 Å². The summed E-state index contributed by atoms with van der Waals surface area (Å²) in [6.07, 6.45) is -4.57. The van der Waals surface area contributed by atoms with Crippen LogP contribution < -0.4 is 16.0 Å². The van der Waals surface area contributed by atoms with Crippen molar-refractivity contribution in [3.63, 3.8) is 0 Å². The number of nitrogens with one attached hydrogen (secondary N) is 3. The smallest absolute Gasteiger partial charge is 0.373 e. The number of carbonyl (C=O) groups excluding carboxylic acids is 2. The average Bonchev–Trinajstić information content (AvgIpc) is 2.39. The maximum Gasteiger partial charge on any atom is 0.418 e. The minimum Gasteiger partial charge on any atom is -0.373 e. The van der Waals surface area contributed by atoms with Gasteiger partial charge in [-0.1, -0.05) is 15.9 Å². The number of amides is 3. The Balaban J connectivity index is 2.92. The maximum absolute atomic E-state index is 12.9. The summed E-state index contributed by atoms with van der Waals surface area (Å²) < 4.78 is 39.0. The zero-order valence-electron chi connectivity index (χ0n) is 11.1. The summed E-state index contributed by atoms with van der Waals surface area (Å²) in [4.78, 5) is 22.6. The molecule has 0 heterocycles. The Morgan fingerprint density at radius 1 is 1.29 bits per heavy atom. The molecular weight excluding hydrogens is 355 g/mol. The topological polar surface area (TPSA) is 70.2 Å². The number of hydrogen-bond donors (Lipinski definition) is 3. The van der Waals surface area contributed by atoms with E-state index in [2.05, 4.69) is 26.6 Å². The molecule has 3 N–H and O–H groups in total. The minimum atomic E-state index is -4.57. The predicted octanol–water partition coefficient (Wildman–Crippen LogP) is 2.72. The van der Waals surface area contributed by atoms with Gasteiger partial charge in [0.15, 0.2) is 0 Å². The number of carbonyl (C=O) groups is 2. The lowest BCUT2D eigenvalue weighted by Crippen LogP contribution is -2.44. The molecule has 0 spiro atoms. The first-order valence-electron chi connectivity index (χ1n) is 5.81. The molecule has 0 aliphatic rings. The van der Waals surface area contributed by atoms with E-state index in [4.69, 9.17) is 0 Å². The first-order valence-corrected chi connectivity index (χ1v) is 6.60. The van der Waals surface area contributed by atoms with Gasteiger partial charge >= 0.3 is 12.2 Å². The van der Waals surface area contributed by atoms with Crippen molar-refractivity contribution < 1.29 is 22.8 Å². The van der Waals surface area contributed by atoms with Crippen molar-refractivity contribution in [2.75, 3.05) is 12.4 Å². The highest BCUT2D eigenvalue weighted by Crippen LogP contribution is 2.36. The molecule has 21 heavy (non-hydrogen) atoms. The van der Waals surface area contributed by atoms with Gasteiger partial charge in [-0.25, -0.2) is 4.79 Å². The third kappa shape index (κ3) is 4.92. The third-order valence-electron chi connectivity index (χ3n) is 2.52. The Morgan fingerprint density at radius 3 is 2.43 bits per heavy atom. The van der Waals surface area contributed by atoms with Gasteiger partial charge in [-0.05, 0) is 25.1 Å². The summed E-state index contributed by atoms with van der Waals surface area (Å²) in [6.45, 7) is 1.35. The number of hydrogen-bond acceptors (Lipinski definition) is 3. The quantitative estimate of drug-likeness (QED) is 0.769. The van der Waals surface area contributed by atoms with E-state index in [0.29, 0.717) is 0 Å². The summed E-state index contributed by atoms with van der Waals surface area (Å²) >= 11 is 2.97. The second-order valence-corrected chi connectivity index (χ2v) is 5.04. The second kappa shape index (κ2) is 6.79. The number of rotatable bonds is 3. The highest BCUT2D eigenvalue weighted by atomic mass is 79.9. The van der Waals surface area contributed by atoms with E-state index in [1.54, 1.807) is 0 Å². The normalized spacial score (nSPS) is 12.5. The van der Waals surface area contributed by atoms with Gasteiger partial charge in [0, 0.05) is 17.2 Å². The Bertz CT molecular complexity index is 549. The van der Waals surface area contributed by atoms with Gasteiger partial charge in [-0.2, -0.15) is 13.2 Å². The molecule has 1 rings (SSSR count). The first kappa shape index (κ1) is 17.3. The largest absolute Gasteiger partial charge is 0.418 e. The molecule has 0 saturated carbocycles. The summed E-state index contributed by atoms with van der Waals surface area (Å²) in [5, 5.41) is 6.59. The molecule has 1 aromatic rings. The fraction of sp³-hybridized carbons (Fsp3) is 0.333. The average molecular weight is 368 g/mol. The van der Waals surface area contributed by atoms with Gasteiger partial charge in [0.25, 0.3) is 0 Å². The van der Waals surface area contributed by atoms with Crippen LogP contribution in [0.2, 0.25) is 0 Å². The van der Waals surface area contributed by atoms with Crippen molar-refractivity contribution in [2.45, 2.75) is 19.1 Å². The molecule has 0 bridgehead atoms. The molecule has 1 unspecified atom stereocenters. The van der Waals surface area contributed by atoms with Gasteiger partial charge in [-0.15, -0.1) is 0 Å². The van der Waals surface area contributed by atoms with Gasteiger partial charge in [0.2, 0.25) is 5.91 Å². The van der Waals surface area contributed by atoms with Crippen LogP contribution in [0.25, 0.3) is 0 Å². The number of imide groups is 1. The molecule has 9 heteroatoms. The van der Waals surface area contributed by atoms with E-state index in [1.165, 1.54) is 26.1 Å². The van der Waals surface area contributed by atoms with Gasteiger partial charge in [0.05, 0.1) is 5.56 Å². The number of alkyl halides is 3. The molecule has 0 radical (unpaired) electrons. The standard InChI is InChI=1S/C12H13BrF3N3O2/c1-6(10(20)19-11(21)17-2)18-9-4-3-7(13)5-8(9)12(14,15)16/h3-6,18H,1-2H3,(H2,17,19,20,21). The molecule has 1 atom stereocenters. The second-order valence-electron chi connectivity index (χ2n) is 4.12. The van der Waals surface area contributed by atoms with E-state index >= 15 is 0 Å². The molecule has 3 amide bonds. The number of anilines is 1. The molecule has 0 saturated heterocycles. The molecule has 0 fully saturated rings. The fourth-order valence-electron chi connectivity index (χ4n) is 1.46. The van der Waals surface area contributed by atoms with E-state index in [1.807, 2.05) is 5.32 Å². The highest BCUT2D eigenvalue weighted by Gasteiger charge is 2.34. The maximum atomic E-state index is 12.9. The number of halogens is 4. The van der Waals surface area contributed by atoms with Crippen LogP contribution in [0.1, 0.15) is 12.5 Å². The molecule has 0 aromatic heterocycles. The monoisotopic (exact) mass is 367 g/mol. The van der Waals surface area contributed by atoms with E-state index in [0.717, 1.165) is 6.07 Å². The van der Waals surface area contributed by atoms with Gasteiger partial charge in [0.1, 0.15) is 6.04 Å². The third-order valence-corrected chi connectivity index (χ3v) is 3.01. The van der Waals surface area contributed by atoms with Crippen LogP contribution in [0.5, 0.6) is 0 Å². The first-order chi connectivity index (χ1) is 9.65. The van der Waals surface area contributed by atoms with Crippen LogP contribution in [0.15, 0.2) is 22.7 Å². The lowest BCUT2D eigenvalue weighted by Gasteiger charge is -2.19. The Kier molecular flexibility index (Phi) is 5.59. The van der Waals surface area contributed by atoms with Crippen molar-refractivity contribution in [1.82, 2.24) is 10.6 Å². The lowest BCUT2D eigenvalue weighted by molar-refractivity contribution is -0.137. The van der Waals surface area contributed by atoms with Crippen LogP contribution >= 0.6 is 15.9 Å². The van der Waals surface area contributed by atoms with Crippen LogP contribution in [0.3, 0.4) is 0 Å². The van der Waals surface area contributed by atoms with Crippen molar-refractivity contribution >= 4 is 33.6 Å². The van der Waals surface area contributed by atoms with E-state index in [-0.39, 0.29) is 10.2 Å². The van der Waals surface area contributed by atoms with E-state index < -0.39 is 29.7 Å². The van der Waals surface area contributed by atoms with Crippen molar-refractivity contribution in [3.05, 3.63) is 28.2 Å². The van der Waals surface area contributed by atoms with Crippen LogP contribution in [-0.2, 0) is 11.0 Å². The molecule has 116 valence electrons. The Morgan fingerprint density at radius 2 is 1.90 bits per heavy atom. The molecule has 1 aromatic carbocycles. The lowest BCUT2D eigenvalue weighted by atomic mass is 10.1. The number of benzene rings is 1. The molecule has 0 aliphatic carbocycles. The summed E-state index contributed by atoms with van der Waals surface area (Å²) in [6, 6.07) is 1.77. The fourth-order valence-corrected chi connectivity index (χ4v) is 1.82. The predicted molar refractivity (Wildman–Crippen MR) is 74.8 cm³/mol. The van der Waals surface area contributed by atoms with Gasteiger partial charge in [-0.3, -0.25) is 10.1 Å². The summed E-state index contributed by atoms with van der Waals surface area (Å²) in [5.41, 5.74) is -1.15. The van der Waals surface area contributed by atoms with Gasteiger partial charge < -0.3 is 10.6 Å². The van der Waals surface area contributed by atoms with Crippen molar-refractivity contribution in [3.8, 4) is 0 Å². The Labute approximate surface area is 127 Å². The van der Waals surface area contributed by atoms with Crippen LogP contribution in [-0.4, -0.2) is 25.0 Å². The van der Waals surface area contributed by atoms with Crippen LogP contribution in [0.4, 0.5) is 23.7 Å². The van der Waals surface area contributed by atoms with Crippen molar-refractivity contribution in [1.29, 1.82) is 0 Å². The SMILES string of the molecule is CNC(=O)NC(=O)C(C)Nc1ccc(Br)cc1C(F)(F)F. The van der Waals surface area contributed by atoms with Crippen molar-refractivity contribution in [2.24, 2.45) is 0 Å². The van der Waals surface area contributed by atoms with Crippen LogP contribution in [0, 0.1) is 0 Å². The zero-order valence-corrected chi connectivity index (χ0v) is 12.7. The highest BCUT2D eigenvalue weighted by molar-refractivity contribution is 9.10. The number of urea groups is 1. The molecular formula is C12H13BrF3N3O2. The molecule has 0 aliphatic heterocycles.